The van der Waals surface area contributed by atoms with Crippen LogP contribution in [-0.4, -0.2) is 36.9 Å². The van der Waals surface area contributed by atoms with Crippen LogP contribution in [0.5, 0.6) is 5.75 Å². The number of ether oxygens (including phenoxy) is 3. The highest BCUT2D eigenvalue weighted by atomic mass is 35.5. The van der Waals surface area contributed by atoms with E-state index >= 15 is 0 Å². The van der Waals surface area contributed by atoms with Crippen LogP contribution < -0.4 is 4.74 Å². The number of Topliss-reactive ketones (excluding diaryl/α,β-unsaturated/α-hetero) is 1. The first-order chi connectivity index (χ1) is 11.6. The van der Waals surface area contributed by atoms with Gasteiger partial charge in [-0.2, -0.15) is 0 Å². The van der Waals surface area contributed by atoms with Crippen molar-refractivity contribution in [2.45, 2.75) is 38.6 Å². The minimum atomic E-state index is -0.505. The van der Waals surface area contributed by atoms with Crippen LogP contribution >= 0.6 is 22.9 Å². The van der Waals surface area contributed by atoms with Crippen LogP contribution in [0.4, 0.5) is 0 Å². The standard InChI is InChI=1S/C17H18ClNO4S/c1-3-22-15-14(23-15)17(5-4-6-17)13(20)10-7-9(21-2)8-11-12(10)19-16(18)24-11/h7-8,14-15H,3-6H2,1-2H3. The third kappa shape index (κ3) is 2.44. The van der Waals surface area contributed by atoms with Crippen LogP contribution in [0, 0.1) is 5.41 Å². The quantitative estimate of drug-likeness (QED) is 0.568. The number of benzene rings is 1. The highest BCUT2D eigenvalue weighted by Crippen LogP contribution is 2.55. The number of methoxy groups -OCH3 is 1. The molecule has 2 atom stereocenters. The Morgan fingerprint density at radius 3 is 2.92 bits per heavy atom. The molecule has 1 aromatic heterocycles. The molecular weight excluding hydrogens is 350 g/mol. The summed E-state index contributed by atoms with van der Waals surface area (Å²) in [5.41, 5.74) is 0.712. The third-order valence-electron chi connectivity index (χ3n) is 4.95. The summed E-state index contributed by atoms with van der Waals surface area (Å²) in [6.45, 7) is 2.51. The molecule has 2 fully saturated rings. The number of epoxide rings is 1. The van der Waals surface area contributed by atoms with Crippen molar-refractivity contribution in [1.82, 2.24) is 4.98 Å². The van der Waals surface area contributed by atoms with Crippen LogP contribution in [-0.2, 0) is 9.47 Å². The fourth-order valence-electron chi connectivity index (χ4n) is 3.52. The largest absolute Gasteiger partial charge is 0.497 e. The average Bonchev–Trinajstić information content (AvgIpc) is 3.16. The smallest absolute Gasteiger partial charge is 0.185 e. The minimum Gasteiger partial charge on any atom is -0.497 e. The van der Waals surface area contributed by atoms with E-state index in [-0.39, 0.29) is 18.2 Å². The Morgan fingerprint density at radius 1 is 1.50 bits per heavy atom. The molecule has 2 aliphatic rings. The lowest BCUT2D eigenvalue weighted by atomic mass is 9.62. The highest BCUT2D eigenvalue weighted by Gasteiger charge is 2.62. The normalized spacial score (nSPS) is 24.6. The van der Waals surface area contributed by atoms with Gasteiger partial charge in [0, 0.05) is 12.2 Å². The molecule has 0 spiro atoms. The molecule has 7 heteroatoms. The van der Waals surface area contributed by atoms with Crippen LogP contribution in [0.2, 0.25) is 4.47 Å². The topological polar surface area (TPSA) is 61.0 Å². The fourth-order valence-corrected chi connectivity index (χ4v) is 4.60. The predicted molar refractivity (Wildman–Crippen MR) is 92.1 cm³/mol. The van der Waals surface area contributed by atoms with Crippen molar-refractivity contribution in [3.8, 4) is 5.75 Å². The fraction of sp³-hybridized carbons (Fsp3) is 0.529. The number of rotatable bonds is 6. The van der Waals surface area contributed by atoms with E-state index in [1.165, 1.54) is 11.3 Å². The van der Waals surface area contributed by atoms with Gasteiger partial charge in [0.15, 0.2) is 16.5 Å². The number of carbonyl (C=O) groups excluding carboxylic acids is 1. The molecule has 1 saturated heterocycles. The number of hydrogen-bond donors (Lipinski definition) is 0. The second-order valence-corrected chi connectivity index (χ2v) is 7.82. The van der Waals surface area contributed by atoms with Crippen molar-refractivity contribution in [3.63, 3.8) is 0 Å². The predicted octanol–water partition coefficient (Wildman–Crippen LogP) is 4.07. The molecule has 1 aromatic carbocycles. The van der Waals surface area contributed by atoms with Gasteiger partial charge in [-0.1, -0.05) is 18.0 Å². The lowest BCUT2D eigenvalue weighted by molar-refractivity contribution is 0.0490. The van der Waals surface area contributed by atoms with Crippen LogP contribution in [0.1, 0.15) is 36.5 Å². The van der Waals surface area contributed by atoms with E-state index in [1.54, 1.807) is 13.2 Å². The Bertz CT molecular complexity index is 801. The molecule has 2 heterocycles. The summed E-state index contributed by atoms with van der Waals surface area (Å²) < 4.78 is 17.8. The Balaban J connectivity index is 1.75. The molecule has 5 nitrogen and oxygen atoms in total. The van der Waals surface area contributed by atoms with Gasteiger partial charge in [-0.25, -0.2) is 4.98 Å². The van der Waals surface area contributed by atoms with E-state index in [2.05, 4.69) is 4.98 Å². The highest BCUT2D eigenvalue weighted by molar-refractivity contribution is 7.22. The minimum absolute atomic E-state index is 0.0619. The summed E-state index contributed by atoms with van der Waals surface area (Å²) in [6, 6.07) is 3.62. The van der Waals surface area contributed by atoms with Crippen molar-refractivity contribution in [2.24, 2.45) is 5.41 Å². The molecule has 0 amide bonds. The number of aromatic nitrogens is 1. The molecule has 128 valence electrons. The number of ketones is 1. The summed E-state index contributed by atoms with van der Waals surface area (Å²) >= 11 is 7.42. The van der Waals surface area contributed by atoms with Gasteiger partial charge >= 0.3 is 0 Å². The molecule has 0 N–H and O–H groups in total. The van der Waals surface area contributed by atoms with Gasteiger partial charge in [-0.05, 0) is 31.9 Å². The molecule has 1 aliphatic carbocycles. The number of carbonyl (C=O) groups is 1. The monoisotopic (exact) mass is 367 g/mol. The van der Waals surface area contributed by atoms with Crippen molar-refractivity contribution in [2.75, 3.05) is 13.7 Å². The Hall–Kier alpha value is -1.21. The van der Waals surface area contributed by atoms with Gasteiger partial charge in [-0.15, -0.1) is 11.3 Å². The Labute approximate surface area is 148 Å². The van der Waals surface area contributed by atoms with E-state index in [4.69, 9.17) is 25.8 Å². The Morgan fingerprint density at radius 2 is 2.29 bits per heavy atom. The first-order valence-corrected chi connectivity index (χ1v) is 9.24. The first kappa shape index (κ1) is 16.3. The van der Waals surface area contributed by atoms with Crippen molar-refractivity contribution in [1.29, 1.82) is 0 Å². The SMILES string of the molecule is CCOC1OC1C1(C(=O)c2cc(OC)cc3sc(Cl)nc23)CCC1. The molecule has 24 heavy (non-hydrogen) atoms. The maximum atomic E-state index is 13.4. The summed E-state index contributed by atoms with van der Waals surface area (Å²) in [5.74, 6) is 0.700. The first-order valence-electron chi connectivity index (χ1n) is 8.05. The number of nitrogens with zero attached hydrogens (tertiary/aromatic N) is 1. The molecular formula is C17H18ClNO4S. The van der Waals surface area contributed by atoms with Crippen LogP contribution in [0.3, 0.4) is 0 Å². The van der Waals surface area contributed by atoms with Crippen molar-refractivity contribution < 1.29 is 19.0 Å². The van der Waals surface area contributed by atoms with Crippen molar-refractivity contribution in [3.05, 3.63) is 22.2 Å². The zero-order valence-electron chi connectivity index (χ0n) is 13.5. The number of fused-ring (bicyclic) bond motifs is 1. The van der Waals surface area contributed by atoms with E-state index in [0.29, 0.717) is 27.9 Å². The van der Waals surface area contributed by atoms with Crippen LogP contribution in [0.15, 0.2) is 12.1 Å². The lowest BCUT2D eigenvalue weighted by Gasteiger charge is -2.39. The average molecular weight is 368 g/mol. The number of halogens is 1. The van der Waals surface area contributed by atoms with Gasteiger partial charge < -0.3 is 14.2 Å². The van der Waals surface area contributed by atoms with Gasteiger partial charge in [0.25, 0.3) is 0 Å². The Kier molecular flexibility index (Phi) is 4.03. The number of hydrogen-bond acceptors (Lipinski definition) is 6. The zero-order valence-corrected chi connectivity index (χ0v) is 15.1. The maximum Gasteiger partial charge on any atom is 0.185 e. The molecule has 2 unspecified atom stereocenters. The number of thiazole rings is 1. The van der Waals surface area contributed by atoms with Gasteiger partial charge in [0.2, 0.25) is 0 Å². The second kappa shape index (κ2) is 5.95. The van der Waals surface area contributed by atoms with Gasteiger partial charge in [0.1, 0.15) is 11.9 Å². The zero-order chi connectivity index (χ0) is 16.9. The van der Waals surface area contributed by atoms with Crippen molar-refractivity contribution >= 4 is 38.9 Å². The van der Waals surface area contributed by atoms with E-state index < -0.39 is 5.41 Å². The summed E-state index contributed by atoms with van der Waals surface area (Å²) in [4.78, 5) is 17.8. The second-order valence-electron chi connectivity index (χ2n) is 6.21. The van der Waals surface area contributed by atoms with E-state index in [1.807, 2.05) is 13.0 Å². The molecule has 0 radical (unpaired) electrons. The molecule has 1 saturated carbocycles. The molecule has 2 aromatic rings. The maximum absolute atomic E-state index is 13.4. The summed E-state index contributed by atoms with van der Waals surface area (Å²) in [6.07, 6.45) is 2.23. The summed E-state index contributed by atoms with van der Waals surface area (Å²) in [5, 5.41) is 0. The molecule has 4 rings (SSSR count). The van der Waals surface area contributed by atoms with E-state index in [9.17, 15) is 4.79 Å². The lowest BCUT2D eigenvalue weighted by Crippen LogP contribution is -2.44. The van der Waals surface area contributed by atoms with E-state index in [0.717, 1.165) is 24.0 Å². The summed E-state index contributed by atoms with van der Waals surface area (Å²) in [7, 11) is 1.59. The third-order valence-corrected chi connectivity index (χ3v) is 6.05. The molecule has 0 bridgehead atoms. The van der Waals surface area contributed by atoms with Gasteiger partial charge in [0.05, 0.1) is 22.7 Å². The van der Waals surface area contributed by atoms with Crippen LogP contribution in [0.25, 0.3) is 10.2 Å². The van der Waals surface area contributed by atoms with Gasteiger partial charge in [-0.3, -0.25) is 4.79 Å². The molecule has 1 aliphatic heterocycles.